The van der Waals surface area contributed by atoms with Crippen molar-refractivity contribution in [1.82, 2.24) is 0 Å². The summed E-state index contributed by atoms with van der Waals surface area (Å²) in [4.78, 5) is 25.8. The van der Waals surface area contributed by atoms with Crippen molar-refractivity contribution in [2.24, 2.45) is 0 Å². The molecule has 0 saturated heterocycles. The third-order valence-corrected chi connectivity index (χ3v) is 6.31. The minimum Gasteiger partial charge on any atom is -0.493 e. The zero-order chi connectivity index (χ0) is 25.4. The molecule has 3 aromatic rings. The molecule has 184 valence electrons. The number of carbonyl (C=O) groups excluding carboxylic acids is 2. The molecule has 0 amide bonds. The number of methoxy groups -OCH3 is 4. The van der Waals surface area contributed by atoms with Crippen molar-refractivity contribution in [2.75, 3.05) is 28.4 Å². The molecule has 8 heteroatoms. The smallest absolute Gasteiger partial charge is 0.312 e. The number of ether oxygens (including phenoxy) is 6. The van der Waals surface area contributed by atoms with Gasteiger partial charge in [0.05, 0.1) is 40.4 Å². The van der Waals surface area contributed by atoms with Gasteiger partial charge in [-0.25, -0.2) is 0 Å². The van der Waals surface area contributed by atoms with Gasteiger partial charge in [-0.3, -0.25) is 9.59 Å². The van der Waals surface area contributed by atoms with Crippen molar-refractivity contribution >= 4 is 17.8 Å². The lowest BCUT2D eigenvalue weighted by Gasteiger charge is -2.26. The van der Waals surface area contributed by atoms with Gasteiger partial charge >= 0.3 is 5.97 Å². The van der Waals surface area contributed by atoms with Gasteiger partial charge in [-0.2, -0.15) is 0 Å². The fourth-order valence-corrected chi connectivity index (χ4v) is 4.63. The van der Waals surface area contributed by atoms with Crippen molar-refractivity contribution in [3.8, 4) is 34.5 Å². The first-order valence-electron chi connectivity index (χ1n) is 11.2. The molecule has 2 aliphatic heterocycles. The summed E-state index contributed by atoms with van der Waals surface area (Å²) in [7, 11) is 6.19. The molecule has 36 heavy (non-hydrogen) atoms. The van der Waals surface area contributed by atoms with E-state index in [1.165, 1.54) is 7.11 Å². The lowest BCUT2D eigenvalue weighted by Crippen LogP contribution is -2.21. The molecule has 2 heterocycles. The number of benzene rings is 3. The minimum absolute atomic E-state index is 0.0826. The van der Waals surface area contributed by atoms with Crippen molar-refractivity contribution in [3.05, 3.63) is 76.5 Å². The molecule has 8 nitrogen and oxygen atoms in total. The molecule has 0 spiro atoms. The number of ketones is 1. The third kappa shape index (κ3) is 3.80. The number of carbonyl (C=O) groups is 2. The maximum atomic E-state index is 13.3. The molecule has 0 N–H and O–H groups in total. The van der Waals surface area contributed by atoms with Gasteiger partial charge in [-0.1, -0.05) is 18.2 Å². The number of fused-ring (bicyclic) bond motifs is 3. The first kappa shape index (κ1) is 23.3. The predicted octanol–water partition coefficient (Wildman–Crippen LogP) is 4.78. The highest BCUT2D eigenvalue weighted by molar-refractivity contribution is 6.15. The van der Waals surface area contributed by atoms with Crippen LogP contribution < -0.4 is 28.4 Å². The van der Waals surface area contributed by atoms with E-state index in [0.29, 0.717) is 51.2 Å². The van der Waals surface area contributed by atoms with Crippen LogP contribution >= 0.6 is 0 Å². The molecule has 0 aromatic heterocycles. The number of hydrogen-bond donors (Lipinski definition) is 0. The largest absolute Gasteiger partial charge is 0.493 e. The van der Waals surface area contributed by atoms with E-state index in [2.05, 4.69) is 0 Å². The van der Waals surface area contributed by atoms with Crippen molar-refractivity contribution in [2.45, 2.75) is 12.3 Å². The van der Waals surface area contributed by atoms with Crippen LogP contribution in [0, 0.1) is 0 Å². The highest BCUT2D eigenvalue weighted by Gasteiger charge is 2.39. The Morgan fingerprint density at radius 1 is 0.833 bits per heavy atom. The van der Waals surface area contributed by atoms with Gasteiger partial charge in [0.1, 0.15) is 11.5 Å². The summed E-state index contributed by atoms with van der Waals surface area (Å²) in [6.07, 6.45) is 1.70. The zero-order valence-electron chi connectivity index (χ0n) is 20.2. The Hall–Kier alpha value is -4.46. The Kier molecular flexibility index (Phi) is 6.01. The monoisotopic (exact) mass is 488 g/mol. The number of Topliss-reactive ketones (excluding diaryl/α,β-unsaturated/α-hetero) is 1. The Labute approximate surface area is 207 Å². The van der Waals surface area contributed by atoms with Gasteiger partial charge in [0.15, 0.2) is 28.8 Å². The van der Waals surface area contributed by atoms with E-state index >= 15 is 0 Å². The van der Waals surface area contributed by atoms with Crippen LogP contribution in [0.15, 0.2) is 54.3 Å². The third-order valence-electron chi connectivity index (χ3n) is 6.31. The first-order chi connectivity index (χ1) is 17.5. The average Bonchev–Trinajstić information content (AvgIpc) is 3.22. The molecule has 5 rings (SSSR count). The van der Waals surface area contributed by atoms with Gasteiger partial charge in [0.25, 0.3) is 0 Å². The summed E-state index contributed by atoms with van der Waals surface area (Å²) < 4.78 is 33.3. The molecule has 0 radical (unpaired) electrons. The SMILES string of the molecule is COc1ccc([C@H]2CC(=O)Oc3ccc4c(c32)O/C(=C\c2cccc(OC)c2OC)C4=O)cc1OC. The second-order valence-electron chi connectivity index (χ2n) is 8.22. The number of para-hydroxylation sites is 1. The van der Waals surface area contributed by atoms with E-state index < -0.39 is 5.92 Å². The summed E-state index contributed by atoms with van der Waals surface area (Å²) in [5.74, 6) is 1.93. The van der Waals surface area contributed by atoms with E-state index in [1.807, 2.05) is 12.1 Å². The maximum Gasteiger partial charge on any atom is 0.312 e. The predicted molar refractivity (Wildman–Crippen MR) is 131 cm³/mol. The Bertz CT molecular complexity index is 1400. The molecule has 3 aromatic carbocycles. The Morgan fingerprint density at radius 2 is 1.61 bits per heavy atom. The normalized spacial score (nSPS) is 17.1. The van der Waals surface area contributed by atoms with Gasteiger partial charge < -0.3 is 28.4 Å². The quantitative estimate of drug-likeness (QED) is 0.278. The number of rotatable bonds is 6. The Balaban J connectivity index is 1.61. The van der Waals surface area contributed by atoms with E-state index in [0.717, 1.165) is 5.56 Å². The minimum atomic E-state index is -0.408. The fraction of sp³-hybridized carbons (Fsp3) is 0.214. The van der Waals surface area contributed by atoms with Crippen molar-refractivity contribution < 1.29 is 38.0 Å². The van der Waals surface area contributed by atoms with Crippen LogP contribution in [0.2, 0.25) is 0 Å². The van der Waals surface area contributed by atoms with Gasteiger partial charge in [-0.05, 0) is 42.0 Å². The van der Waals surface area contributed by atoms with Crippen LogP contribution in [0.5, 0.6) is 34.5 Å². The summed E-state index contributed by atoms with van der Waals surface area (Å²) in [6, 6.07) is 14.1. The molecule has 2 aliphatic rings. The van der Waals surface area contributed by atoms with Gasteiger partial charge in [0.2, 0.25) is 5.78 Å². The average molecular weight is 488 g/mol. The number of hydrogen-bond acceptors (Lipinski definition) is 8. The second kappa shape index (κ2) is 9.30. The molecule has 1 atom stereocenters. The van der Waals surface area contributed by atoms with Crippen molar-refractivity contribution in [3.63, 3.8) is 0 Å². The van der Waals surface area contributed by atoms with Crippen LogP contribution in [0.1, 0.15) is 39.4 Å². The highest BCUT2D eigenvalue weighted by atomic mass is 16.5. The second-order valence-corrected chi connectivity index (χ2v) is 8.22. The molecular formula is C28H24O8. The fourth-order valence-electron chi connectivity index (χ4n) is 4.63. The van der Waals surface area contributed by atoms with Crippen LogP contribution in [-0.2, 0) is 4.79 Å². The highest BCUT2D eigenvalue weighted by Crippen LogP contribution is 2.50. The molecule has 0 bridgehead atoms. The summed E-state index contributed by atoms with van der Waals surface area (Å²) in [6.45, 7) is 0. The number of esters is 1. The molecule has 0 aliphatic carbocycles. The summed E-state index contributed by atoms with van der Waals surface area (Å²) in [5.41, 5.74) is 2.46. The maximum absolute atomic E-state index is 13.3. The molecular weight excluding hydrogens is 464 g/mol. The van der Waals surface area contributed by atoms with E-state index in [9.17, 15) is 9.59 Å². The van der Waals surface area contributed by atoms with Gasteiger partial charge in [0, 0.05) is 17.0 Å². The van der Waals surface area contributed by atoms with Crippen LogP contribution in [0.25, 0.3) is 6.08 Å². The first-order valence-corrected chi connectivity index (χ1v) is 11.2. The van der Waals surface area contributed by atoms with E-state index in [4.69, 9.17) is 28.4 Å². The Morgan fingerprint density at radius 3 is 2.33 bits per heavy atom. The van der Waals surface area contributed by atoms with Gasteiger partial charge in [-0.15, -0.1) is 0 Å². The van der Waals surface area contributed by atoms with E-state index in [-0.39, 0.29) is 23.9 Å². The molecule has 0 saturated carbocycles. The van der Waals surface area contributed by atoms with Crippen LogP contribution in [0.3, 0.4) is 0 Å². The summed E-state index contributed by atoms with van der Waals surface area (Å²) >= 11 is 0. The van der Waals surface area contributed by atoms with Crippen molar-refractivity contribution in [1.29, 1.82) is 0 Å². The topological polar surface area (TPSA) is 89.5 Å². The molecule has 0 fully saturated rings. The lowest BCUT2D eigenvalue weighted by atomic mass is 9.84. The van der Waals surface area contributed by atoms with E-state index in [1.54, 1.807) is 63.8 Å². The van der Waals surface area contributed by atoms with Crippen LogP contribution in [-0.4, -0.2) is 40.2 Å². The zero-order valence-corrected chi connectivity index (χ0v) is 20.2. The molecule has 0 unspecified atom stereocenters. The van der Waals surface area contributed by atoms with Crippen LogP contribution in [0.4, 0.5) is 0 Å². The summed E-state index contributed by atoms with van der Waals surface area (Å²) in [5, 5.41) is 0. The lowest BCUT2D eigenvalue weighted by molar-refractivity contribution is -0.135. The standard InChI is InChI=1S/C28H24O8/c1-31-19-10-8-15(12-22(19)33-3)18-14-24(29)35-20-11-9-17-26(30)23(36-28(17)25(18)20)13-16-6-5-7-21(32-2)27(16)34-4/h5-13,18H,14H2,1-4H3/b23-13-/t18-/m1/s1. The number of allylic oxidation sites excluding steroid dienone is 1.